The van der Waals surface area contributed by atoms with Gasteiger partial charge in [-0.3, -0.25) is 0 Å². The Kier molecular flexibility index (Phi) is 3.30. The maximum absolute atomic E-state index is 12.8. The highest BCUT2D eigenvalue weighted by Crippen LogP contribution is 2.32. The van der Waals surface area contributed by atoms with Crippen LogP contribution in [0.3, 0.4) is 0 Å². The van der Waals surface area contributed by atoms with Crippen LogP contribution in [-0.4, -0.2) is 15.9 Å². The number of hydrogen-bond donors (Lipinski definition) is 1. The normalized spacial score (nSPS) is 12.3. The molecule has 0 aliphatic rings. The van der Waals surface area contributed by atoms with E-state index in [1.165, 1.54) is 10.5 Å². The van der Waals surface area contributed by atoms with E-state index in [2.05, 4.69) is 4.98 Å². The second-order valence-corrected chi connectivity index (χ2v) is 4.15. The molecular weight excluding hydrogens is 243 g/mol. The molecular formula is C12H14F3N3. The number of halogens is 3. The van der Waals surface area contributed by atoms with Crippen molar-refractivity contribution < 1.29 is 13.2 Å². The van der Waals surface area contributed by atoms with Crippen LogP contribution in [0.4, 0.5) is 13.2 Å². The summed E-state index contributed by atoms with van der Waals surface area (Å²) in [5.41, 5.74) is 6.11. The summed E-state index contributed by atoms with van der Waals surface area (Å²) < 4.78 is 40.0. The molecule has 0 atom stereocenters. The lowest BCUT2D eigenvalue weighted by Crippen LogP contribution is -2.08. The summed E-state index contributed by atoms with van der Waals surface area (Å²) in [6.07, 6.45) is -1.42. The number of hydrogen-bond acceptors (Lipinski definition) is 2. The molecule has 2 aromatic rings. The van der Waals surface area contributed by atoms with Gasteiger partial charge < -0.3 is 10.1 Å². The molecule has 3 nitrogen and oxygen atoms in total. The second kappa shape index (κ2) is 4.61. The molecule has 2 heterocycles. The summed E-state index contributed by atoms with van der Waals surface area (Å²) in [4.78, 5) is 4.03. The van der Waals surface area contributed by atoms with E-state index >= 15 is 0 Å². The topological polar surface area (TPSA) is 43.3 Å². The van der Waals surface area contributed by atoms with Crippen LogP contribution >= 0.6 is 0 Å². The van der Waals surface area contributed by atoms with Crippen LogP contribution in [0.25, 0.3) is 5.65 Å². The number of nitrogens with zero attached hydrogens (tertiary/aromatic N) is 2. The Morgan fingerprint density at radius 1 is 1.39 bits per heavy atom. The van der Waals surface area contributed by atoms with Crippen molar-refractivity contribution >= 4 is 5.65 Å². The third-order valence-electron chi connectivity index (χ3n) is 2.87. The Morgan fingerprint density at radius 3 is 2.72 bits per heavy atom. The Labute approximate surface area is 102 Å². The van der Waals surface area contributed by atoms with Crippen LogP contribution in [0.1, 0.15) is 23.4 Å². The van der Waals surface area contributed by atoms with Gasteiger partial charge >= 0.3 is 6.18 Å². The number of pyridine rings is 1. The summed E-state index contributed by atoms with van der Waals surface area (Å²) in [5.74, 6) is 0. The first-order valence-electron chi connectivity index (χ1n) is 5.69. The minimum atomic E-state index is -4.38. The first-order valence-corrected chi connectivity index (χ1v) is 5.69. The smallest absolute Gasteiger partial charge is 0.330 e. The van der Waals surface area contributed by atoms with Crippen LogP contribution in [0, 0.1) is 6.92 Å². The van der Waals surface area contributed by atoms with Gasteiger partial charge in [-0.1, -0.05) is 0 Å². The molecule has 2 N–H and O–H groups in total. The van der Waals surface area contributed by atoms with Crippen LogP contribution in [0.5, 0.6) is 0 Å². The quantitative estimate of drug-likeness (QED) is 0.918. The van der Waals surface area contributed by atoms with Crippen molar-refractivity contribution in [2.45, 2.75) is 25.9 Å². The minimum absolute atomic E-state index is 0.0329. The molecule has 0 saturated heterocycles. The molecule has 0 aliphatic carbocycles. The molecule has 0 aromatic carbocycles. The minimum Gasteiger partial charge on any atom is -0.330 e. The molecule has 18 heavy (non-hydrogen) atoms. The fourth-order valence-electron chi connectivity index (χ4n) is 2.02. The van der Waals surface area contributed by atoms with Crippen molar-refractivity contribution in [3.8, 4) is 0 Å². The first kappa shape index (κ1) is 12.9. The fraction of sp³-hybridized carbons (Fsp3) is 0.417. The van der Waals surface area contributed by atoms with Gasteiger partial charge in [0.25, 0.3) is 0 Å². The number of aromatic nitrogens is 2. The predicted molar refractivity (Wildman–Crippen MR) is 62.3 cm³/mol. The Balaban J connectivity index is 2.59. The van der Waals surface area contributed by atoms with Gasteiger partial charge in [-0.2, -0.15) is 13.2 Å². The number of alkyl halides is 3. The number of nitrogens with two attached hydrogens (primary N) is 1. The van der Waals surface area contributed by atoms with E-state index < -0.39 is 11.7 Å². The van der Waals surface area contributed by atoms with E-state index in [1.54, 1.807) is 13.1 Å². The van der Waals surface area contributed by atoms with Crippen molar-refractivity contribution in [3.05, 3.63) is 35.3 Å². The molecule has 0 aliphatic heterocycles. The van der Waals surface area contributed by atoms with Gasteiger partial charge in [0, 0.05) is 11.9 Å². The average molecular weight is 257 g/mol. The largest absolute Gasteiger partial charge is 0.419 e. The maximum atomic E-state index is 12.8. The van der Waals surface area contributed by atoms with Gasteiger partial charge in [-0.15, -0.1) is 0 Å². The molecule has 98 valence electrons. The second-order valence-electron chi connectivity index (χ2n) is 4.15. The van der Waals surface area contributed by atoms with Crippen LogP contribution in [-0.2, 0) is 12.6 Å². The van der Waals surface area contributed by atoms with Crippen LogP contribution < -0.4 is 5.73 Å². The highest BCUT2D eigenvalue weighted by atomic mass is 19.4. The number of imidazole rings is 1. The molecule has 0 unspecified atom stereocenters. The maximum Gasteiger partial charge on any atom is 0.419 e. The molecule has 2 rings (SSSR count). The van der Waals surface area contributed by atoms with E-state index in [1.807, 2.05) is 0 Å². The molecule has 0 radical (unpaired) electrons. The zero-order valence-corrected chi connectivity index (χ0v) is 9.96. The average Bonchev–Trinajstić information content (AvgIpc) is 2.60. The van der Waals surface area contributed by atoms with Crippen molar-refractivity contribution in [1.29, 1.82) is 0 Å². The van der Waals surface area contributed by atoms with Gasteiger partial charge in [0.15, 0.2) is 0 Å². The Morgan fingerprint density at radius 2 is 2.11 bits per heavy atom. The Hall–Kier alpha value is -1.56. The summed E-state index contributed by atoms with van der Waals surface area (Å²) in [6.45, 7) is 2.23. The lowest BCUT2D eigenvalue weighted by atomic mass is 10.2. The van der Waals surface area contributed by atoms with Gasteiger partial charge in [0.05, 0.1) is 11.3 Å². The monoisotopic (exact) mass is 257 g/mol. The van der Waals surface area contributed by atoms with Crippen molar-refractivity contribution in [2.75, 3.05) is 6.54 Å². The van der Waals surface area contributed by atoms with Crippen LogP contribution in [0.15, 0.2) is 18.3 Å². The molecule has 0 bridgehead atoms. The zero-order chi connectivity index (χ0) is 13.3. The molecule has 2 aromatic heterocycles. The SMILES string of the molecule is Cc1nc2c(C(F)(F)F)cccn2c1CCCN. The number of fused-ring (bicyclic) bond motifs is 1. The fourth-order valence-corrected chi connectivity index (χ4v) is 2.02. The van der Waals surface area contributed by atoms with Gasteiger partial charge in [-0.25, -0.2) is 4.98 Å². The van der Waals surface area contributed by atoms with Gasteiger partial charge in [0.1, 0.15) is 5.65 Å². The Bertz CT molecular complexity index is 557. The first-order chi connectivity index (χ1) is 8.45. The summed E-state index contributed by atoms with van der Waals surface area (Å²) in [7, 11) is 0. The highest BCUT2D eigenvalue weighted by Gasteiger charge is 2.34. The molecule has 0 amide bonds. The van der Waals surface area contributed by atoms with E-state index in [0.717, 1.165) is 18.2 Å². The van der Waals surface area contributed by atoms with Crippen LogP contribution in [0.2, 0.25) is 0 Å². The molecule has 6 heteroatoms. The predicted octanol–water partition coefficient (Wildman–Crippen LogP) is 2.55. The molecule has 0 saturated carbocycles. The highest BCUT2D eigenvalue weighted by molar-refractivity contribution is 5.52. The van der Waals surface area contributed by atoms with E-state index in [0.29, 0.717) is 18.7 Å². The van der Waals surface area contributed by atoms with Crippen molar-refractivity contribution in [1.82, 2.24) is 9.38 Å². The summed E-state index contributed by atoms with van der Waals surface area (Å²) in [5, 5.41) is 0. The standard InChI is InChI=1S/C12H14F3N3/c1-8-10(5-2-6-16)18-7-3-4-9(11(18)17-8)12(13,14)15/h3-4,7H,2,5-6,16H2,1H3. The van der Waals surface area contributed by atoms with Gasteiger partial charge in [-0.05, 0) is 38.4 Å². The number of aryl methyl sites for hydroxylation is 2. The third-order valence-corrected chi connectivity index (χ3v) is 2.87. The van der Waals surface area contributed by atoms with E-state index in [4.69, 9.17) is 5.73 Å². The summed E-state index contributed by atoms with van der Waals surface area (Å²) in [6, 6.07) is 2.44. The lowest BCUT2D eigenvalue weighted by Gasteiger charge is -2.08. The van der Waals surface area contributed by atoms with Crippen molar-refractivity contribution in [3.63, 3.8) is 0 Å². The molecule has 0 fully saturated rings. The molecule has 0 spiro atoms. The third kappa shape index (κ3) is 2.20. The van der Waals surface area contributed by atoms with Crippen molar-refractivity contribution in [2.24, 2.45) is 5.73 Å². The lowest BCUT2D eigenvalue weighted by molar-refractivity contribution is -0.136. The van der Waals surface area contributed by atoms with Gasteiger partial charge in [0.2, 0.25) is 0 Å². The summed E-state index contributed by atoms with van der Waals surface area (Å²) >= 11 is 0. The number of rotatable bonds is 3. The van der Waals surface area contributed by atoms with E-state index in [-0.39, 0.29) is 5.65 Å². The van der Waals surface area contributed by atoms with E-state index in [9.17, 15) is 13.2 Å². The zero-order valence-electron chi connectivity index (χ0n) is 9.96.